The van der Waals surface area contributed by atoms with E-state index in [9.17, 15) is 9.59 Å². The maximum Gasteiger partial charge on any atom is 0.267 e. The van der Waals surface area contributed by atoms with Gasteiger partial charge in [-0.2, -0.15) is 0 Å². The molecule has 0 radical (unpaired) electrons. The van der Waals surface area contributed by atoms with Crippen LogP contribution in [-0.2, 0) is 9.59 Å². The second-order valence-electron chi connectivity index (χ2n) is 8.77. The standard InChI is InChI=1S/C32H26Cl2N2O2/c1-21-17-25(13-15-29(21)35-31(37)27(33)19-23-9-5-3-6-10-23)26-14-16-30(22(2)18-26)36-32(38)28(34)20-24-11-7-4-8-12-24/h3-20H,1-2H3,(H,35,37)(H,36,38)/b27-19+,28-20+. The molecule has 0 spiro atoms. The molecule has 38 heavy (non-hydrogen) atoms. The van der Waals surface area contributed by atoms with E-state index in [0.29, 0.717) is 11.4 Å². The molecule has 4 aromatic rings. The van der Waals surface area contributed by atoms with Crippen LogP contribution in [0.2, 0.25) is 0 Å². The monoisotopic (exact) mass is 540 g/mol. The van der Waals surface area contributed by atoms with Crippen molar-refractivity contribution >= 4 is 58.5 Å². The third-order valence-electron chi connectivity index (χ3n) is 5.90. The highest BCUT2D eigenvalue weighted by Crippen LogP contribution is 2.29. The van der Waals surface area contributed by atoms with Crippen molar-refractivity contribution in [1.29, 1.82) is 0 Å². The molecule has 0 bridgehead atoms. The summed E-state index contributed by atoms with van der Waals surface area (Å²) in [6, 6.07) is 30.4. The lowest BCUT2D eigenvalue weighted by Crippen LogP contribution is -2.12. The number of anilines is 2. The van der Waals surface area contributed by atoms with Gasteiger partial charge in [0.15, 0.2) is 0 Å². The molecule has 0 unspecified atom stereocenters. The normalized spacial score (nSPS) is 11.7. The molecular weight excluding hydrogens is 515 g/mol. The first-order chi connectivity index (χ1) is 18.3. The Labute approximate surface area is 232 Å². The Morgan fingerprint density at radius 2 is 0.947 bits per heavy atom. The van der Waals surface area contributed by atoms with Gasteiger partial charge in [0.2, 0.25) is 0 Å². The molecular formula is C32H26Cl2N2O2. The van der Waals surface area contributed by atoms with Gasteiger partial charge in [-0.05, 0) is 83.6 Å². The maximum atomic E-state index is 12.6. The van der Waals surface area contributed by atoms with Crippen molar-refractivity contribution in [3.8, 4) is 11.1 Å². The number of carbonyl (C=O) groups excluding carboxylic acids is 2. The van der Waals surface area contributed by atoms with E-state index in [0.717, 1.165) is 33.4 Å². The van der Waals surface area contributed by atoms with Crippen LogP contribution in [0.5, 0.6) is 0 Å². The number of rotatable bonds is 7. The molecule has 6 heteroatoms. The molecule has 2 N–H and O–H groups in total. The first-order valence-electron chi connectivity index (χ1n) is 12.0. The Hall–Kier alpha value is -4.12. The molecule has 0 atom stereocenters. The predicted molar refractivity (Wildman–Crippen MR) is 159 cm³/mol. The van der Waals surface area contributed by atoms with Crippen LogP contribution in [0.3, 0.4) is 0 Å². The molecule has 0 aliphatic heterocycles. The second kappa shape index (κ2) is 12.4. The van der Waals surface area contributed by atoms with Gasteiger partial charge in [0.1, 0.15) is 10.1 Å². The summed E-state index contributed by atoms with van der Waals surface area (Å²) in [5, 5.41) is 5.96. The minimum absolute atomic E-state index is 0.103. The number of nitrogens with one attached hydrogen (secondary N) is 2. The van der Waals surface area contributed by atoms with Gasteiger partial charge in [0.05, 0.1) is 0 Å². The summed E-state index contributed by atoms with van der Waals surface area (Å²) in [7, 11) is 0. The average Bonchev–Trinajstić information content (AvgIpc) is 2.92. The Kier molecular flexibility index (Phi) is 8.80. The van der Waals surface area contributed by atoms with Crippen molar-refractivity contribution in [2.45, 2.75) is 13.8 Å². The number of aryl methyl sites for hydroxylation is 2. The molecule has 0 fully saturated rings. The van der Waals surface area contributed by atoms with Crippen LogP contribution in [0.1, 0.15) is 22.3 Å². The highest BCUT2D eigenvalue weighted by Gasteiger charge is 2.12. The summed E-state index contributed by atoms with van der Waals surface area (Å²) in [4.78, 5) is 25.2. The van der Waals surface area contributed by atoms with E-state index in [-0.39, 0.29) is 21.9 Å². The quantitative estimate of drug-likeness (QED) is 0.231. The van der Waals surface area contributed by atoms with E-state index in [1.165, 1.54) is 0 Å². The van der Waals surface area contributed by atoms with Gasteiger partial charge in [-0.15, -0.1) is 0 Å². The molecule has 0 aliphatic carbocycles. The van der Waals surface area contributed by atoms with Crippen LogP contribution in [0.15, 0.2) is 107 Å². The fraction of sp³-hybridized carbons (Fsp3) is 0.0625. The summed E-state index contributed by atoms with van der Waals surface area (Å²) in [6.07, 6.45) is 3.27. The van der Waals surface area contributed by atoms with Crippen LogP contribution in [0.4, 0.5) is 11.4 Å². The van der Waals surface area contributed by atoms with Gasteiger partial charge in [0.25, 0.3) is 11.8 Å². The molecule has 0 heterocycles. The third kappa shape index (κ3) is 7.00. The van der Waals surface area contributed by atoms with E-state index < -0.39 is 0 Å². The summed E-state index contributed by atoms with van der Waals surface area (Å²) in [6.45, 7) is 3.85. The average molecular weight is 541 g/mol. The number of carbonyl (C=O) groups is 2. The number of benzene rings is 4. The molecule has 2 amide bonds. The lowest BCUT2D eigenvalue weighted by Gasteiger charge is -2.13. The second-order valence-corrected chi connectivity index (χ2v) is 9.59. The fourth-order valence-electron chi connectivity index (χ4n) is 3.85. The molecule has 190 valence electrons. The van der Waals surface area contributed by atoms with E-state index in [1.807, 2.05) is 111 Å². The summed E-state index contributed by atoms with van der Waals surface area (Å²) >= 11 is 12.5. The van der Waals surface area contributed by atoms with Crippen molar-refractivity contribution in [3.63, 3.8) is 0 Å². The predicted octanol–water partition coefficient (Wildman–Crippen LogP) is 8.41. The number of amides is 2. The number of hydrogen-bond acceptors (Lipinski definition) is 2. The smallest absolute Gasteiger partial charge is 0.267 e. The number of halogens is 2. The van der Waals surface area contributed by atoms with Crippen molar-refractivity contribution < 1.29 is 9.59 Å². The van der Waals surface area contributed by atoms with E-state index in [2.05, 4.69) is 10.6 Å². The van der Waals surface area contributed by atoms with Gasteiger partial charge in [-0.3, -0.25) is 9.59 Å². The van der Waals surface area contributed by atoms with Gasteiger partial charge < -0.3 is 10.6 Å². The van der Waals surface area contributed by atoms with Crippen molar-refractivity contribution in [3.05, 3.63) is 129 Å². The van der Waals surface area contributed by atoms with Crippen LogP contribution >= 0.6 is 23.2 Å². The zero-order valence-electron chi connectivity index (χ0n) is 21.0. The van der Waals surface area contributed by atoms with Crippen molar-refractivity contribution in [2.24, 2.45) is 0 Å². The van der Waals surface area contributed by atoms with Crippen LogP contribution in [0, 0.1) is 13.8 Å². The fourth-order valence-corrected chi connectivity index (χ4v) is 4.20. The summed E-state index contributed by atoms with van der Waals surface area (Å²) in [5.41, 5.74) is 6.82. The van der Waals surface area contributed by atoms with Crippen LogP contribution in [-0.4, -0.2) is 11.8 Å². The lowest BCUT2D eigenvalue weighted by molar-refractivity contribution is -0.113. The molecule has 0 saturated heterocycles. The minimum atomic E-state index is -0.373. The zero-order valence-corrected chi connectivity index (χ0v) is 22.5. The first kappa shape index (κ1) is 26.9. The highest BCUT2D eigenvalue weighted by atomic mass is 35.5. The number of hydrogen-bond donors (Lipinski definition) is 2. The van der Waals surface area contributed by atoms with E-state index >= 15 is 0 Å². The van der Waals surface area contributed by atoms with Gasteiger partial charge >= 0.3 is 0 Å². The van der Waals surface area contributed by atoms with Crippen LogP contribution in [0.25, 0.3) is 23.3 Å². The minimum Gasteiger partial charge on any atom is -0.321 e. The van der Waals surface area contributed by atoms with Crippen molar-refractivity contribution in [2.75, 3.05) is 10.6 Å². The summed E-state index contributed by atoms with van der Waals surface area (Å²) < 4.78 is 0. The maximum absolute atomic E-state index is 12.6. The Balaban J connectivity index is 1.45. The Morgan fingerprint density at radius 3 is 1.29 bits per heavy atom. The largest absolute Gasteiger partial charge is 0.321 e. The third-order valence-corrected chi connectivity index (χ3v) is 6.46. The molecule has 4 rings (SSSR count). The van der Waals surface area contributed by atoms with Crippen LogP contribution < -0.4 is 10.6 Å². The lowest BCUT2D eigenvalue weighted by atomic mass is 10.00. The highest BCUT2D eigenvalue weighted by molar-refractivity contribution is 6.46. The first-order valence-corrected chi connectivity index (χ1v) is 12.7. The Bertz CT molecular complexity index is 1410. The zero-order chi connectivity index (χ0) is 27.1. The molecule has 0 saturated carbocycles. The van der Waals surface area contributed by atoms with Gasteiger partial charge in [0, 0.05) is 11.4 Å². The Morgan fingerprint density at radius 1 is 0.579 bits per heavy atom. The topological polar surface area (TPSA) is 58.2 Å². The molecule has 4 nitrogen and oxygen atoms in total. The van der Waals surface area contributed by atoms with E-state index in [1.54, 1.807) is 12.2 Å². The van der Waals surface area contributed by atoms with E-state index in [4.69, 9.17) is 23.2 Å². The van der Waals surface area contributed by atoms with Gasteiger partial charge in [-0.25, -0.2) is 0 Å². The SMILES string of the molecule is Cc1cc(-c2ccc(NC(=O)/C(Cl)=C\c3ccccc3)c(C)c2)ccc1NC(=O)/C(Cl)=C\c1ccccc1. The molecule has 0 aliphatic rings. The molecule has 0 aromatic heterocycles. The summed E-state index contributed by atoms with van der Waals surface area (Å²) in [5.74, 6) is -0.746. The van der Waals surface area contributed by atoms with Gasteiger partial charge in [-0.1, -0.05) is 96.0 Å². The molecule has 4 aromatic carbocycles. The van der Waals surface area contributed by atoms with Crippen molar-refractivity contribution in [1.82, 2.24) is 0 Å².